The summed E-state index contributed by atoms with van der Waals surface area (Å²) >= 11 is 0. The van der Waals surface area contributed by atoms with E-state index in [-0.39, 0.29) is 35.5 Å². The highest BCUT2D eigenvalue weighted by Crippen LogP contribution is 2.47. The molecular formula is C26H31FO5. The molecule has 32 heavy (non-hydrogen) atoms. The Morgan fingerprint density at radius 1 is 1.09 bits per heavy atom. The number of ether oxygens (including phenoxy) is 4. The second-order valence-corrected chi connectivity index (χ2v) is 8.93. The molecule has 0 N–H and O–H groups in total. The molecule has 0 aromatic heterocycles. The van der Waals surface area contributed by atoms with Crippen molar-refractivity contribution < 1.29 is 28.1 Å². The van der Waals surface area contributed by atoms with Crippen molar-refractivity contribution in [2.45, 2.75) is 44.6 Å². The topological polar surface area (TPSA) is 54.0 Å². The Hall–Kier alpha value is -2.76. The van der Waals surface area contributed by atoms with Crippen LogP contribution in [0.4, 0.5) is 4.39 Å². The quantitative estimate of drug-likeness (QED) is 0.463. The van der Waals surface area contributed by atoms with E-state index in [1.807, 2.05) is 19.1 Å². The maximum atomic E-state index is 14.0. The van der Waals surface area contributed by atoms with Crippen molar-refractivity contribution in [2.24, 2.45) is 17.8 Å². The van der Waals surface area contributed by atoms with Crippen molar-refractivity contribution >= 4 is 5.97 Å². The van der Waals surface area contributed by atoms with E-state index in [1.54, 1.807) is 19.2 Å². The first-order chi connectivity index (χ1) is 15.5. The average Bonchev–Trinajstić information content (AvgIpc) is 3.61. The molecule has 6 heteroatoms. The fraction of sp³-hybridized carbons (Fsp3) is 0.500. The summed E-state index contributed by atoms with van der Waals surface area (Å²) in [5, 5.41) is 0. The van der Waals surface area contributed by atoms with Gasteiger partial charge >= 0.3 is 5.97 Å². The molecule has 0 spiro atoms. The maximum Gasteiger partial charge on any atom is 0.309 e. The van der Waals surface area contributed by atoms with Crippen LogP contribution in [0.1, 0.15) is 44.1 Å². The normalized spacial score (nSPS) is 21.8. The van der Waals surface area contributed by atoms with Crippen molar-refractivity contribution in [3.05, 3.63) is 53.8 Å². The van der Waals surface area contributed by atoms with E-state index in [4.69, 9.17) is 18.9 Å². The minimum Gasteiger partial charge on any atom is -0.497 e. The van der Waals surface area contributed by atoms with E-state index in [1.165, 1.54) is 13.2 Å². The largest absolute Gasteiger partial charge is 0.497 e. The Morgan fingerprint density at radius 2 is 1.88 bits per heavy atom. The zero-order valence-electron chi connectivity index (χ0n) is 18.9. The zero-order chi connectivity index (χ0) is 22.7. The molecule has 0 bridgehead atoms. The molecule has 2 aliphatic carbocycles. The smallest absolute Gasteiger partial charge is 0.309 e. The molecule has 2 saturated carbocycles. The molecule has 2 aliphatic rings. The number of carbonyl (C=O) groups is 1. The van der Waals surface area contributed by atoms with Gasteiger partial charge < -0.3 is 18.9 Å². The second kappa shape index (κ2) is 9.80. The number of hydrogen-bond donors (Lipinski definition) is 0. The SMILES string of the molecule is COC(=O)C(C)C(c1cccc(OCC2CC(Oc3cc(OC)ccc3F)C2)c1)C1CC1. The predicted molar refractivity (Wildman–Crippen MR) is 119 cm³/mol. The highest BCUT2D eigenvalue weighted by molar-refractivity contribution is 5.73. The Bertz CT molecular complexity index is 936. The van der Waals surface area contributed by atoms with Crippen LogP contribution in [-0.2, 0) is 9.53 Å². The lowest BCUT2D eigenvalue weighted by molar-refractivity contribution is -0.145. The Morgan fingerprint density at radius 3 is 2.56 bits per heavy atom. The lowest BCUT2D eigenvalue weighted by Crippen LogP contribution is -2.37. The number of carbonyl (C=O) groups excluding carboxylic acids is 1. The van der Waals surface area contributed by atoms with Crippen LogP contribution >= 0.6 is 0 Å². The number of esters is 1. The number of hydrogen-bond acceptors (Lipinski definition) is 5. The van der Waals surface area contributed by atoms with Gasteiger partial charge in [0, 0.05) is 6.07 Å². The van der Waals surface area contributed by atoms with Crippen LogP contribution in [0.15, 0.2) is 42.5 Å². The first-order valence-corrected chi connectivity index (χ1v) is 11.3. The van der Waals surface area contributed by atoms with Crippen molar-refractivity contribution in [1.82, 2.24) is 0 Å². The zero-order valence-corrected chi connectivity index (χ0v) is 18.9. The summed E-state index contributed by atoms with van der Waals surface area (Å²) < 4.78 is 35.9. The molecule has 2 aromatic rings. The van der Waals surface area contributed by atoms with E-state index in [2.05, 4.69) is 12.1 Å². The van der Waals surface area contributed by atoms with Crippen LogP contribution in [0.25, 0.3) is 0 Å². The summed E-state index contributed by atoms with van der Waals surface area (Å²) in [6.07, 6.45) is 3.92. The first-order valence-electron chi connectivity index (χ1n) is 11.3. The van der Waals surface area contributed by atoms with Crippen LogP contribution in [0.5, 0.6) is 17.2 Å². The van der Waals surface area contributed by atoms with E-state index in [9.17, 15) is 9.18 Å². The van der Waals surface area contributed by atoms with Crippen LogP contribution in [0.3, 0.4) is 0 Å². The number of methoxy groups -OCH3 is 2. The van der Waals surface area contributed by atoms with E-state index >= 15 is 0 Å². The highest BCUT2D eigenvalue weighted by Gasteiger charge is 2.39. The van der Waals surface area contributed by atoms with Gasteiger partial charge in [0.05, 0.1) is 32.8 Å². The first kappa shape index (κ1) is 22.4. The van der Waals surface area contributed by atoms with Crippen molar-refractivity contribution in [1.29, 1.82) is 0 Å². The highest BCUT2D eigenvalue weighted by atomic mass is 19.1. The van der Waals surface area contributed by atoms with E-state index in [0.29, 0.717) is 24.2 Å². The monoisotopic (exact) mass is 442 g/mol. The third-order valence-corrected chi connectivity index (χ3v) is 6.59. The molecule has 172 valence electrons. The average molecular weight is 443 g/mol. The van der Waals surface area contributed by atoms with Crippen molar-refractivity contribution in [2.75, 3.05) is 20.8 Å². The van der Waals surface area contributed by atoms with Crippen LogP contribution < -0.4 is 14.2 Å². The summed E-state index contributed by atoms with van der Waals surface area (Å²) in [4.78, 5) is 12.1. The van der Waals surface area contributed by atoms with E-state index in [0.717, 1.165) is 37.0 Å². The van der Waals surface area contributed by atoms with Crippen molar-refractivity contribution in [3.8, 4) is 17.2 Å². The lowest BCUT2D eigenvalue weighted by Gasteiger charge is -2.35. The number of benzene rings is 2. The minimum absolute atomic E-state index is 0.0170. The van der Waals surface area contributed by atoms with Gasteiger partial charge in [0.15, 0.2) is 11.6 Å². The molecule has 4 rings (SSSR count). The van der Waals surface area contributed by atoms with Crippen LogP contribution in [-0.4, -0.2) is 32.9 Å². The molecule has 2 atom stereocenters. The summed E-state index contributed by atoms with van der Waals surface area (Å²) in [5.74, 6) is 1.95. The molecular weight excluding hydrogens is 411 g/mol. The third-order valence-electron chi connectivity index (χ3n) is 6.59. The van der Waals surface area contributed by atoms with Gasteiger partial charge in [-0.2, -0.15) is 0 Å². The van der Waals surface area contributed by atoms with Gasteiger partial charge in [-0.1, -0.05) is 19.1 Å². The Kier molecular flexibility index (Phi) is 6.87. The number of rotatable bonds is 10. The van der Waals surface area contributed by atoms with E-state index < -0.39 is 0 Å². The van der Waals surface area contributed by atoms with Gasteiger partial charge in [-0.25, -0.2) is 4.39 Å². The summed E-state index contributed by atoms with van der Waals surface area (Å²) in [6.45, 7) is 2.53. The Balaban J connectivity index is 1.30. The van der Waals surface area contributed by atoms with Crippen molar-refractivity contribution in [3.63, 3.8) is 0 Å². The molecule has 5 nitrogen and oxygen atoms in total. The van der Waals surface area contributed by atoms with Gasteiger partial charge in [0.2, 0.25) is 0 Å². The molecule has 2 aromatic carbocycles. The molecule has 0 amide bonds. The van der Waals surface area contributed by atoms with Gasteiger partial charge in [-0.05, 0) is 73.3 Å². The van der Waals surface area contributed by atoms with Gasteiger partial charge in [-0.3, -0.25) is 4.79 Å². The van der Waals surface area contributed by atoms with Crippen LogP contribution in [0.2, 0.25) is 0 Å². The maximum absolute atomic E-state index is 14.0. The standard InChI is InChI=1S/C26H31FO5/c1-16(26(28)30-3)25(18-7-8-18)19-5-4-6-21(13-19)31-15-17-11-22(12-17)32-24-14-20(29-2)9-10-23(24)27/h4-6,9-10,13-14,16-18,22,25H,7-8,11-12,15H2,1-3H3. The predicted octanol–water partition coefficient (Wildman–Crippen LogP) is 5.37. The third kappa shape index (κ3) is 5.17. The van der Waals surface area contributed by atoms with Gasteiger partial charge in [-0.15, -0.1) is 0 Å². The lowest BCUT2D eigenvalue weighted by atomic mass is 9.82. The second-order valence-electron chi connectivity index (χ2n) is 8.93. The van der Waals surface area contributed by atoms with Gasteiger partial charge in [0.1, 0.15) is 11.5 Å². The molecule has 0 aliphatic heterocycles. The Labute approximate surface area is 188 Å². The summed E-state index contributed by atoms with van der Waals surface area (Å²) in [7, 11) is 2.99. The molecule has 0 heterocycles. The fourth-order valence-corrected chi connectivity index (χ4v) is 4.57. The summed E-state index contributed by atoms with van der Waals surface area (Å²) in [6, 6.07) is 12.6. The van der Waals surface area contributed by atoms with Gasteiger partial charge in [0.25, 0.3) is 0 Å². The molecule has 0 radical (unpaired) electrons. The minimum atomic E-state index is -0.381. The molecule has 2 unspecified atom stereocenters. The fourth-order valence-electron chi connectivity index (χ4n) is 4.57. The molecule has 0 saturated heterocycles. The molecule has 2 fully saturated rings. The number of halogens is 1. The summed E-state index contributed by atoms with van der Waals surface area (Å²) in [5.41, 5.74) is 1.13. The van der Waals surface area contributed by atoms with Crippen LogP contribution in [0, 0.1) is 23.6 Å².